The zero-order chi connectivity index (χ0) is 22.0. The van der Waals surface area contributed by atoms with Crippen molar-refractivity contribution in [1.29, 1.82) is 0 Å². The van der Waals surface area contributed by atoms with Crippen molar-refractivity contribution in [2.75, 3.05) is 0 Å². The molecule has 8 heteroatoms. The summed E-state index contributed by atoms with van der Waals surface area (Å²) in [5.41, 5.74) is 2.02. The number of hydrogen-bond acceptors (Lipinski definition) is 4. The number of ether oxygens (including phenoxy) is 1. The lowest BCUT2D eigenvalue weighted by Crippen LogP contribution is -2.24. The lowest BCUT2D eigenvalue weighted by atomic mass is 10.1. The predicted octanol–water partition coefficient (Wildman–Crippen LogP) is 6.11. The number of carbonyl (C=O) groups is 1. The fraction of sp³-hybridized carbons (Fsp3) is 0.0870. The van der Waals surface area contributed by atoms with Crippen LogP contribution in [-0.4, -0.2) is 15.9 Å². The molecule has 1 amide bonds. The molecule has 4 aromatic rings. The Morgan fingerprint density at radius 3 is 2.71 bits per heavy atom. The monoisotopic (exact) mass is 455 g/mol. The molecule has 4 rings (SSSR count). The molecule has 0 bridgehead atoms. The van der Waals surface area contributed by atoms with Crippen molar-refractivity contribution in [1.82, 2.24) is 15.3 Å². The van der Waals surface area contributed by atoms with Crippen molar-refractivity contribution in [3.63, 3.8) is 0 Å². The van der Waals surface area contributed by atoms with E-state index in [4.69, 9.17) is 27.9 Å². The van der Waals surface area contributed by atoms with E-state index >= 15 is 0 Å². The second-order valence-electron chi connectivity index (χ2n) is 6.76. The topological polar surface area (TPSA) is 64.1 Å². The molecule has 0 aliphatic rings. The van der Waals surface area contributed by atoms with Crippen molar-refractivity contribution in [2.45, 2.75) is 13.5 Å². The lowest BCUT2D eigenvalue weighted by molar-refractivity contribution is 0.0949. The molecule has 0 saturated heterocycles. The minimum absolute atomic E-state index is 0.0207. The highest BCUT2D eigenvalue weighted by Gasteiger charge is 2.15. The summed E-state index contributed by atoms with van der Waals surface area (Å²) in [6.45, 7) is 1.77. The number of rotatable bonds is 5. The molecule has 1 N–H and O–H groups in total. The van der Waals surface area contributed by atoms with Gasteiger partial charge in [0.2, 0.25) is 0 Å². The Morgan fingerprint density at radius 2 is 1.87 bits per heavy atom. The summed E-state index contributed by atoms with van der Waals surface area (Å²) in [4.78, 5) is 20.7. The molecular weight excluding hydrogens is 440 g/mol. The number of benzene rings is 2. The molecule has 5 nitrogen and oxygen atoms in total. The summed E-state index contributed by atoms with van der Waals surface area (Å²) in [6.07, 6.45) is 3.02. The average molecular weight is 456 g/mol. The van der Waals surface area contributed by atoms with E-state index in [9.17, 15) is 9.18 Å². The maximum Gasteiger partial charge on any atom is 0.251 e. The van der Waals surface area contributed by atoms with Crippen LogP contribution in [0.1, 0.15) is 21.5 Å². The second kappa shape index (κ2) is 8.88. The second-order valence-corrected chi connectivity index (χ2v) is 7.55. The van der Waals surface area contributed by atoms with Crippen LogP contribution >= 0.6 is 23.2 Å². The van der Waals surface area contributed by atoms with Crippen LogP contribution in [0.2, 0.25) is 10.2 Å². The quantitative estimate of drug-likeness (QED) is 0.369. The molecule has 0 spiro atoms. The van der Waals surface area contributed by atoms with Crippen LogP contribution < -0.4 is 10.1 Å². The van der Waals surface area contributed by atoms with E-state index < -0.39 is 5.82 Å². The van der Waals surface area contributed by atoms with E-state index in [0.717, 1.165) is 5.39 Å². The Labute approximate surface area is 187 Å². The molecule has 0 saturated carbocycles. The van der Waals surface area contributed by atoms with Crippen molar-refractivity contribution >= 4 is 40.0 Å². The first-order valence-electron chi connectivity index (χ1n) is 9.33. The lowest BCUT2D eigenvalue weighted by Gasteiger charge is -2.14. The maximum atomic E-state index is 14.0. The first-order valence-corrected chi connectivity index (χ1v) is 10.1. The maximum absolute atomic E-state index is 14.0. The van der Waals surface area contributed by atoms with E-state index in [2.05, 4.69) is 15.3 Å². The first-order chi connectivity index (χ1) is 14.9. The van der Waals surface area contributed by atoms with Crippen molar-refractivity contribution < 1.29 is 13.9 Å². The number of carbonyl (C=O) groups excluding carboxylic acids is 1. The van der Waals surface area contributed by atoms with Crippen molar-refractivity contribution in [3.8, 4) is 11.5 Å². The fourth-order valence-corrected chi connectivity index (χ4v) is 3.48. The molecule has 0 atom stereocenters. The van der Waals surface area contributed by atoms with Gasteiger partial charge in [-0.05, 0) is 49.4 Å². The zero-order valence-corrected chi connectivity index (χ0v) is 17.8. The Morgan fingerprint density at radius 1 is 1.06 bits per heavy atom. The number of fused-ring (bicyclic) bond motifs is 1. The van der Waals surface area contributed by atoms with Gasteiger partial charge in [-0.3, -0.25) is 9.78 Å². The summed E-state index contributed by atoms with van der Waals surface area (Å²) < 4.78 is 20.1. The van der Waals surface area contributed by atoms with Crippen LogP contribution in [0.3, 0.4) is 0 Å². The van der Waals surface area contributed by atoms with E-state index in [1.165, 1.54) is 12.3 Å². The Kier molecular flexibility index (Phi) is 6.02. The highest BCUT2D eigenvalue weighted by Crippen LogP contribution is 2.32. The smallest absolute Gasteiger partial charge is 0.251 e. The normalized spacial score (nSPS) is 10.8. The highest BCUT2D eigenvalue weighted by molar-refractivity contribution is 6.31. The van der Waals surface area contributed by atoms with Crippen LogP contribution in [0.5, 0.6) is 11.5 Å². The predicted molar refractivity (Wildman–Crippen MR) is 118 cm³/mol. The summed E-state index contributed by atoms with van der Waals surface area (Å²) in [5.74, 6) is 0.105. The van der Waals surface area contributed by atoms with Crippen LogP contribution in [0.25, 0.3) is 10.9 Å². The average Bonchev–Trinajstić information content (AvgIpc) is 2.76. The number of halogens is 3. The minimum Gasteiger partial charge on any atom is -0.456 e. The minimum atomic E-state index is -0.650. The van der Waals surface area contributed by atoms with Gasteiger partial charge in [0.05, 0.1) is 5.52 Å². The molecule has 0 radical (unpaired) electrons. The SMILES string of the molecule is Cc1c(Oc2ccnc3cc(Cl)ccc23)cccc1C(=O)NCc1ccnc(Cl)c1F. The summed E-state index contributed by atoms with van der Waals surface area (Å²) in [7, 11) is 0. The molecule has 2 aromatic carbocycles. The van der Waals surface area contributed by atoms with Crippen molar-refractivity contribution in [3.05, 3.63) is 93.6 Å². The molecule has 0 unspecified atom stereocenters. The van der Waals surface area contributed by atoms with Gasteiger partial charge >= 0.3 is 0 Å². The fourth-order valence-electron chi connectivity index (χ4n) is 3.14. The van der Waals surface area contributed by atoms with Gasteiger partial charge in [-0.15, -0.1) is 0 Å². The van der Waals surface area contributed by atoms with Crippen LogP contribution in [-0.2, 0) is 6.54 Å². The van der Waals surface area contributed by atoms with Gasteiger partial charge < -0.3 is 10.1 Å². The molecule has 156 valence electrons. The highest BCUT2D eigenvalue weighted by atomic mass is 35.5. The standard InChI is InChI=1S/C23H16Cl2FN3O2/c1-13-16(23(30)29-12-14-7-9-28-22(25)21(14)26)3-2-4-19(13)31-20-8-10-27-18-11-15(24)5-6-17(18)20/h2-11H,12H2,1H3,(H,29,30). The Balaban J connectivity index is 1.57. The Bertz CT molecular complexity index is 1300. The van der Waals surface area contributed by atoms with E-state index in [0.29, 0.717) is 33.2 Å². The van der Waals surface area contributed by atoms with Gasteiger partial charge in [0.25, 0.3) is 5.91 Å². The molecule has 31 heavy (non-hydrogen) atoms. The molecule has 0 fully saturated rings. The Hall–Kier alpha value is -3.22. The van der Waals surface area contributed by atoms with Crippen LogP contribution in [0.15, 0.2) is 60.9 Å². The number of nitrogens with one attached hydrogen (secondary N) is 1. The van der Waals surface area contributed by atoms with Crippen LogP contribution in [0.4, 0.5) is 4.39 Å². The first kappa shape index (κ1) is 21.0. The van der Waals surface area contributed by atoms with Gasteiger partial charge in [0.15, 0.2) is 11.0 Å². The summed E-state index contributed by atoms with van der Waals surface area (Å²) >= 11 is 11.7. The third kappa shape index (κ3) is 4.45. The summed E-state index contributed by atoms with van der Waals surface area (Å²) in [5, 5.41) is 3.85. The summed E-state index contributed by atoms with van der Waals surface area (Å²) in [6, 6.07) is 13.7. The zero-order valence-electron chi connectivity index (χ0n) is 16.3. The van der Waals surface area contributed by atoms with Gasteiger partial charge in [0.1, 0.15) is 11.5 Å². The van der Waals surface area contributed by atoms with Gasteiger partial charge in [-0.1, -0.05) is 29.3 Å². The largest absolute Gasteiger partial charge is 0.456 e. The van der Waals surface area contributed by atoms with Gasteiger partial charge in [-0.2, -0.15) is 0 Å². The number of amides is 1. The molecule has 2 heterocycles. The molecule has 2 aromatic heterocycles. The van der Waals surface area contributed by atoms with Crippen LogP contribution in [0, 0.1) is 12.7 Å². The molecule has 0 aliphatic carbocycles. The number of pyridine rings is 2. The van der Waals surface area contributed by atoms with Gasteiger partial charge in [0, 0.05) is 46.0 Å². The van der Waals surface area contributed by atoms with E-state index in [1.807, 2.05) is 6.07 Å². The number of aromatic nitrogens is 2. The molecule has 0 aliphatic heterocycles. The van der Waals surface area contributed by atoms with Gasteiger partial charge in [-0.25, -0.2) is 9.37 Å². The number of nitrogens with zero attached hydrogens (tertiary/aromatic N) is 2. The third-order valence-electron chi connectivity index (χ3n) is 4.78. The number of hydrogen-bond donors (Lipinski definition) is 1. The third-order valence-corrected chi connectivity index (χ3v) is 5.28. The van der Waals surface area contributed by atoms with Crippen molar-refractivity contribution in [2.24, 2.45) is 0 Å². The van der Waals surface area contributed by atoms with E-state index in [1.54, 1.807) is 49.5 Å². The molecular formula is C23H16Cl2FN3O2. The van der Waals surface area contributed by atoms with E-state index in [-0.39, 0.29) is 23.2 Å².